The molecule has 0 bridgehead atoms. The predicted molar refractivity (Wildman–Crippen MR) is 70.5 cm³/mol. The van der Waals surface area contributed by atoms with Crippen LogP contribution in [0.2, 0.25) is 0 Å². The van der Waals surface area contributed by atoms with Gasteiger partial charge in [0.05, 0.1) is 6.20 Å². The van der Waals surface area contributed by atoms with Crippen LogP contribution in [-0.4, -0.2) is 60.2 Å². The normalized spacial score (nSPS) is 18.5. The van der Waals surface area contributed by atoms with Crippen LogP contribution in [0.3, 0.4) is 0 Å². The van der Waals surface area contributed by atoms with Crippen LogP contribution in [-0.2, 0) is 11.8 Å². The van der Waals surface area contributed by atoms with Crippen LogP contribution < -0.4 is 0 Å². The number of rotatable bonds is 3. The molecule has 2 aromatic heterocycles. The molecule has 1 fully saturated rings. The maximum Gasteiger partial charge on any atom is 0.358 e. The number of amides is 1. The van der Waals surface area contributed by atoms with E-state index in [-0.39, 0.29) is 11.6 Å². The number of aromatic nitrogens is 5. The Morgan fingerprint density at radius 1 is 1.43 bits per heavy atom. The Hall–Kier alpha value is -2.71. The predicted octanol–water partition coefficient (Wildman–Crippen LogP) is -0.220. The average molecular weight is 290 g/mol. The van der Waals surface area contributed by atoms with E-state index < -0.39 is 12.0 Å². The number of likely N-dealkylation sites (tertiary alicyclic amines) is 1. The van der Waals surface area contributed by atoms with E-state index in [1.165, 1.54) is 10.9 Å². The molecule has 1 atom stereocenters. The first kappa shape index (κ1) is 13.3. The van der Waals surface area contributed by atoms with Gasteiger partial charge in [0.25, 0.3) is 0 Å². The van der Waals surface area contributed by atoms with Crippen molar-refractivity contribution in [2.24, 2.45) is 7.05 Å². The Balaban J connectivity index is 2.14. The van der Waals surface area contributed by atoms with Crippen LogP contribution in [0.5, 0.6) is 0 Å². The first-order chi connectivity index (χ1) is 9.99. The topological polar surface area (TPSA) is 106 Å². The fraction of sp³-hybridized carbons (Fsp3) is 0.417. The molecule has 0 saturated carbocycles. The summed E-state index contributed by atoms with van der Waals surface area (Å²) in [6.45, 7) is 0.609. The zero-order valence-electron chi connectivity index (χ0n) is 11.6. The van der Waals surface area contributed by atoms with Crippen molar-refractivity contribution in [1.29, 1.82) is 0 Å². The molecule has 110 valence electrons. The Bertz CT molecular complexity index is 718. The highest BCUT2D eigenvalue weighted by Gasteiger charge is 2.35. The second kappa shape index (κ2) is 4.69. The van der Waals surface area contributed by atoms with Gasteiger partial charge in [0.15, 0.2) is 5.69 Å². The maximum atomic E-state index is 12.1. The second-order valence-electron chi connectivity index (χ2n) is 5.00. The van der Waals surface area contributed by atoms with E-state index in [1.807, 2.05) is 0 Å². The number of aryl methyl sites for hydroxylation is 1. The lowest BCUT2D eigenvalue weighted by molar-refractivity contribution is -0.129. The number of carbonyl (C=O) groups excluding carboxylic acids is 1. The van der Waals surface area contributed by atoms with Gasteiger partial charge in [-0.1, -0.05) is 5.21 Å². The molecule has 1 aliphatic rings. The number of nitrogens with zero attached hydrogens (tertiary/aromatic N) is 6. The lowest BCUT2D eigenvalue weighted by Gasteiger charge is -2.12. The number of likely N-dealkylation sites (N-methyl/N-ethyl adjacent to an activating group) is 1. The van der Waals surface area contributed by atoms with E-state index in [0.29, 0.717) is 24.2 Å². The van der Waals surface area contributed by atoms with Crippen molar-refractivity contribution in [2.45, 2.75) is 12.5 Å². The molecule has 1 unspecified atom stereocenters. The smallest absolute Gasteiger partial charge is 0.358 e. The SMILES string of the molecule is CN1CCC(n2nnc(C(=O)O)c2-c2cnn(C)c2)C1=O. The molecule has 1 N–H and O–H groups in total. The lowest BCUT2D eigenvalue weighted by Crippen LogP contribution is -2.25. The minimum atomic E-state index is -1.18. The van der Waals surface area contributed by atoms with Gasteiger partial charge in [-0.25, -0.2) is 9.48 Å². The first-order valence-electron chi connectivity index (χ1n) is 6.41. The van der Waals surface area contributed by atoms with Gasteiger partial charge in [-0.3, -0.25) is 9.48 Å². The fourth-order valence-corrected chi connectivity index (χ4v) is 2.50. The van der Waals surface area contributed by atoms with Crippen LogP contribution in [0.1, 0.15) is 23.0 Å². The largest absolute Gasteiger partial charge is 0.476 e. The number of carboxylic acid groups (broad SMARTS) is 1. The molecule has 9 nitrogen and oxygen atoms in total. The van der Waals surface area contributed by atoms with Gasteiger partial charge in [-0.2, -0.15) is 5.10 Å². The molecule has 3 rings (SSSR count). The summed E-state index contributed by atoms with van der Waals surface area (Å²) in [4.78, 5) is 25.1. The van der Waals surface area contributed by atoms with Gasteiger partial charge in [-0.15, -0.1) is 5.10 Å². The fourth-order valence-electron chi connectivity index (χ4n) is 2.50. The summed E-state index contributed by atoms with van der Waals surface area (Å²) in [7, 11) is 3.44. The molecule has 0 radical (unpaired) electrons. The average Bonchev–Trinajstić information content (AvgIpc) is 3.10. The van der Waals surface area contributed by atoms with Crippen LogP contribution in [0.25, 0.3) is 11.3 Å². The molecule has 2 aromatic rings. The Morgan fingerprint density at radius 3 is 2.71 bits per heavy atom. The summed E-state index contributed by atoms with van der Waals surface area (Å²) in [5.41, 5.74) is 0.705. The molecular weight excluding hydrogens is 276 g/mol. The number of aromatic carboxylic acids is 1. The van der Waals surface area contributed by atoms with Gasteiger partial charge >= 0.3 is 5.97 Å². The Labute approximate surface area is 119 Å². The molecule has 1 saturated heterocycles. The summed E-state index contributed by atoms with van der Waals surface area (Å²) < 4.78 is 2.95. The van der Waals surface area contributed by atoms with Crippen LogP contribution in [0.4, 0.5) is 0 Å². The van der Waals surface area contributed by atoms with E-state index in [2.05, 4.69) is 15.4 Å². The zero-order valence-corrected chi connectivity index (χ0v) is 11.6. The summed E-state index contributed by atoms with van der Waals surface area (Å²) in [5, 5.41) is 20.9. The van der Waals surface area contributed by atoms with Crippen molar-refractivity contribution in [1.82, 2.24) is 29.7 Å². The molecule has 9 heteroatoms. The summed E-state index contributed by atoms with van der Waals surface area (Å²) in [6.07, 6.45) is 3.78. The Kier molecular flexibility index (Phi) is 2.96. The molecule has 21 heavy (non-hydrogen) atoms. The summed E-state index contributed by atoms with van der Waals surface area (Å²) in [5.74, 6) is -1.28. The highest BCUT2D eigenvalue weighted by Crippen LogP contribution is 2.29. The molecular formula is C12H14N6O3. The van der Waals surface area contributed by atoms with Gasteiger partial charge < -0.3 is 10.0 Å². The summed E-state index contributed by atoms with van der Waals surface area (Å²) >= 11 is 0. The molecule has 1 amide bonds. The second-order valence-corrected chi connectivity index (χ2v) is 5.00. The van der Waals surface area contributed by atoms with Gasteiger partial charge in [0, 0.05) is 32.4 Å². The van der Waals surface area contributed by atoms with E-state index in [0.717, 1.165) is 0 Å². The third-order valence-electron chi connectivity index (χ3n) is 3.57. The maximum absolute atomic E-state index is 12.1. The Morgan fingerprint density at radius 2 is 2.19 bits per heavy atom. The van der Waals surface area contributed by atoms with Crippen molar-refractivity contribution in [3.05, 3.63) is 18.1 Å². The highest BCUT2D eigenvalue weighted by molar-refractivity contribution is 5.93. The van der Waals surface area contributed by atoms with E-state index in [4.69, 9.17) is 0 Å². The number of carbonyl (C=O) groups is 2. The van der Waals surface area contributed by atoms with Crippen LogP contribution in [0.15, 0.2) is 12.4 Å². The van der Waals surface area contributed by atoms with E-state index >= 15 is 0 Å². The van der Waals surface area contributed by atoms with Crippen molar-refractivity contribution in [2.75, 3.05) is 13.6 Å². The van der Waals surface area contributed by atoms with Crippen LogP contribution >= 0.6 is 0 Å². The third-order valence-corrected chi connectivity index (χ3v) is 3.57. The van der Waals surface area contributed by atoms with Gasteiger partial charge in [-0.05, 0) is 6.42 Å². The standard InChI is InChI=1S/C12H14N6O3/c1-16-4-3-8(11(16)19)18-10(7-5-13-17(2)6-7)9(12(20)21)14-15-18/h5-6,8H,3-4H2,1-2H3,(H,20,21). The zero-order chi connectivity index (χ0) is 15.1. The highest BCUT2D eigenvalue weighted by atomic mass is 16.4. The number of hydrogen-bond acceptors (Lipinski definition) is 5. The van der Waals surface area contributed by atoms with E-state index in [9.17, 15) is 14.7 Å². The molecule has 3 heterocycles. The minimum Gasteiger partial charge on any atom is -0.476 e. The summed E-state index contributed by atoms with van der Waals surface area (Å²) in [6, 6.07) is -0.522. The lowest BCUT2D eigenvalue weighted by atomic mass is 10.1. The monoisotopic (exact) mass is 290 g/mol. The molecule has 1 aliphatic heterocycles. The van der Waals surface area contributed by atoms with Crippen molar-refractivity contribution in [3.63, 3.8) is 0 Å². The minimum absolute atomic E-state index is 0.0954. The molecule has 0 aliphatic carbocycles. The number of hydrogen-bond donors (Lipinski definition) is 1. The first-order valence-corrected chi connectivity index (χ1v) is 6.41. The molecule has 0 aromatic carbocycles. The van der Waals surface area contributed by atoms with Crippen molar-refractivity contribution < 1.29 is 14.7 Å². The van der Waals surface area contributed by atoms with Crippen LogP contribution in [0, 0.1) is 0 Å². The van der Waals surface area contributed by atoms with Gasteiger partial charge in [0.2, 0.25) is 5.91 Å². The number of carboxylic acids is 1. The van der Waals surface area contributed by atoms with Gasteiger partial charge in [0.1, 0.15) is 11.7 Å². The van der Waals surface area contributed by atoms with Crippen molar-refractivity contribution >= 4 is 11.9 Å². The van der Waals surface area contributed by atoms with E-state index in [1.54, 1.807) is 29.9 Å². The molecule has 0 spiro atoms. The van der Waals surface area contributed by atoms with Crippen molar-refractivity contribution in [3.8, 4) is 11.3 Å². The third kappa shape index (κ3) is 2.06. The quantitative estimate of drug-likeness (QED) is 0.837.